The second-order valence-electron chi connectivity index (χ2n) is 11.0. The number of likely N-dealkylation sites (N-methyl/N-ethyl adjacent to an activating group) is 1. The van der Waals surface area contributed by atoms with Crippen LogP contribution < -0.4 is 10.2 Å². The summed E-state index contributed by atoms with van der Waals surface area (Å²) in [4.78, 5) is 41.9. The van der Waals surface area contributed by atoms with Crippen LogP contribution in [0.5, 0.6) is 0 Å². The molecule has 2 unspecified atom stereocenters. The molecule has 2 amide bonds. The third kappa shape index (κ3) is 4.14. The fraction of sp³-hybridized carbons (Fsp3) is 0.556. The quantitative estimate of drug-likeness (QED) is 0.643. The number of hydrogen-bond acceptors (Lipinski definition) is 6. The van der Waals surface area contributed by atoms with Gasteiger partial charge in [0.15, 0.2) is 0 Å². The summed E-state index contributed by atoms with van der Waals surface area (Å²) >= 11 is 6.16. The Labute approximate surface area is 217 Å². The number of benzene rings is 1. The first kappa shape index (κ1) is 23.7. The van der Waals surface area contributed by atoms with Crippen molar-refractivity contribution in [2.75, 3.05) is 36.9 Å². The third-order valence-electron chi connectivity index (χ3n) is 8.46. The van der Waals surface area contributed by atoms with E-state index in [1.165, 1.54) is 19.2 Å². The fourth-order valence-electron chi connectivity index (χ4n) is 6.28. The number of amides is 2. The van der Waals surface area contributed by atoms with Gasteiger partial charge in [0.05, 0.1) is 18.0 Å². The highest BCUT2D eigenvalue weighted by molar-refractivity contribution is 6.30. The van der Waals surface area contributed by atoms with Crippen molar-refractivity contribution in [2.24, 2.45) is 5.92 Å². The van der Waals surface area contributed by atoms with Gasteiger partial charge in [0.2, 0.25) is 11.8 Å². The van der Waals surface area contributed by atoms with E-state index < -0.39 is 0 Å². The second kappa shape index (κ2) is 8.99. The van der Waals surface area contributed by atoms with E-state index in [4.69, 9.17) is 11.6 Å². The standard InChI is InChI=1S/C27H33ClN6O2/c1-15-12-21(35)31-25-22(15)26(30-14-29-25)33-10-11-34(24-16(2)23(24)33)27(36)20(13-32(3)19-8-9-19)17-4-6-18(28)7-5-17/h4-7,14-16,19-20,23-24H,8-13H2,1-3H3,(H,29,30,31,35)/t15-,16+,20-,23?,24?/m1/s1. The minimum absolute atomic E-state index is 0.00265. The van der Waals surface area contributed by atoms with Crippen LogP contribution in [-0.4, -0.2) is 76.4 Å². The maximum absolute atomic E-state index is 14.1. The van der Waals surface area contributed by atoms with E-state index in [1.54, 1.807) is 0 Å². The van der Waals surface area contributed by atoms with Crippen molar-refractivity contribution in [3.8, 4) is 0 Å². The van der Waals surface area contributed by atoms with Crippen LogP contribution in [0, 0.1) is 5.92 Å². The molecule has 3 fully saturated rings. The van der Waals surface area contributed by atoms with Gasteiger partial charge in [-0.2, -0.15) is 0 Å². The third-order valence-corrected chi connectivity index (χ3v) is 8.71. The molecule has 0 bridgehead atoms. The molecule has 2 aromatic rings. The molecule has 9 heteroatoms. The highest BCUT2D eigenvalue weighted by Crippen LogP contribution is 2.48. The lowest BCUT2D eigenvalue weighted by atomic mass is 9.94. The molecule has 1 N–H and O–H groups in total. The van der Waals surface area contributed by atoms with E-state index in [1.807, 2.05) is 24.3 Å². The summed E-state index contributed by atoms with van der Waals surface area (Å²) in [7, 11) is 2.13. The molecular weight excluding hydrogens is 476 g/mol. The number of nitrogens with zero attached hydrogens (tertiary/aromatic N) is 5. The van der Waals surface area contributed by atoms with Crippen molar-refractivity contribution in [3.63, 3.8) is 0 Å². The topological polar surface area (TPSA) is 81.7 Å². The van der Waals surface area contributed by atoms with Gasteiger partial charge < -0.3 is 20.0 Å². The first-order valence-corrected chi connectivity index (χ1v) is 13.4. The lowest BCUT2D eigenvalue weighted by molar-refractivity contribution is -0.134. The van der Waals surface area contributed by atoms with Gasteiger partial charge in [-0.3, -0.25) is 9.59 Å². The molecule has 36 heavy (non-hydrogen) atoms. The molecule has 3 heterocycles. The molecule has 2 aliphatic carbocycles. The molecule has 4 aliphatic rings. The highest BCUT2D eigenvalue weighted by Gasteiger charge is 2.59. The number of fused-ring (bicyclic) bond motifs is 2. The average molecular weight is 509 g/mol. The smallest absolute Gasteiger partial charge is 0.231 e. The predicted octanol–water partition coefficient (Wildman–Crippen LogP) is 3.49. The molecule has 2 saturated carbocycles. The van der Waals surface area contributed by atoms with Crippen molar-refractivity contribution in [2.45, 2.75) is 63.1 Å². The first-order chi connectivity index (χ1) is 17.3. The largest absolute Gasteiger partial charge is 0.349 e. The summed E-state index contributed by atoms with van der Waals surface area (Å²) in [5.74, 6) is 1.92. The molecular formula is C27H33ClN6O2. The Kier molecular flexibility index (Phi) is 5.91. The van der Waals surface area contributed by atoms with E-state index in [0.717, 1.165) is 16.9 Å². The molecule has 0 spiro atoms. The van der Waals surface area contributed by atoms with Crippen molar-refractivity contribution < 1.29 is 9.59 Å². The maximum Gasteiger partial charge on any atom is 0.231 e. The molecule has 2 aliphatic heterocycles. The normalized spacial score (nSPS) is 27.9. The molecule has 8 nitrogen and oxygen atoms in total. The van der Waals surface area contributed by atoms with E-state index in [2.05, 4.69) is 50.9 Å². The fourth-order valence-corrected chi connectivity index (χ4v) is 6.41. The Morgan fingerprint density at radius 3 is 2.64 bits per heavy atom. The molecule has 0 radical (unpaired) electrons. The van der Waals surface area contributed by atoms with Crippen LogP contribution >= 0.6 is 11.6 Å². The van der Waals surface area contributed by atoms with Crippen LogP contribution in [0.25, 0.3) is 0 Å². The van der Waals surface area contributed by atoms with Gasteiger partial charge in [0, 0.05) is 48.6 Å². The zero-order chi connectivity index (χ0) is 25.1. The van der Waals surface area contributed by atoms with Gasteiger partial charge in [-0.25, -0.2) is 9.97 Å². The number of carbonyl (C=O) groups excluding carboxylic acids is 2. The monoisotopic (exact) mass is 508 g/mol. The number of halogens is 1. The minimum Gasteiger partial charge on any atom is -0.349 e. The number of nitrogens with one attached hydrogen (secondary N) is 1. The minimum atomic E-state index is -0.213. The van der Waals surface area contributed by atoms with Crippen LogP contribution in [0.3, 0.4) is 0 Å². The summed E-state index contributed by atoms with van der Waals surface area (Å²) in [5, 5.41) is 3.59. The van der Waals surface area contributed by atoms with Crippen LogP contribution in [-0.2, 0) is 9.59 Å². The molecule has 5 atom stereocenters. The molecule has 1 saturated heterocycles. The summed E-state index contributed by atoms with van der Waals surface area (Å²) in [6.07, 6.45) is 4.39. The summed E-state index contributed by atoms with van der Waals surface area (Å²) in [6, 6.07) is 8.73. The number of hydrogen-bond donors (Lipinski definition) is 1. The van der Waals surface area contributed by atoms with Crippen LogP contribution in [0.4, 0.5) is 11.6 Å². The van der Waals surface area contributed by atoms with Crippen molar-refractivity contribution in [1.82, 2.24) is 19.8 Å². The Hall–Kier alpha value is -2.71. The number of aromatic nitrogens is 2. The number of piperazine rings is 1. The van der Waals surface area contributed by atoms with Crippen LogP contribution in [0.1, 0.15) is 56.1 Å². The average Bonchev–Trinajstić information content (AvgIpc) is 3.79. The van der Waals surface area contributed by atoms with E-state index in [0.29, 0.717) is 48.9 Å². The number of rotatable bonds is 6. The number of anilines is 2. The van der Waals surface area contributed by atoms with Crippen molar-refractivity contribution in [3.05, 3.63) is 46.7 Å². The van der Waals surface area contributed by atoms with E-state index in [-0.39, 0.29) is 35.7 Å². The second-order valence-corrected chi connectivity index (χ2v) is 11.4. The zero-order valence-corrected chi connectivity index (χ0v) is 21.8. The zero-order valence-electron chi connectivity index (χ0n) is 21.0. The molecule has 190 valence electrons. The van der Waals surface area contributed by atoms with Crippen LogP contribution in [0.2, 0.25) is 5.02 Å². The van der Waals surface area contributed by atoms with Gasteiger partial charge in [-0.15, -0.1) is 0 Å². The van der Waals surface area contributed by atoms with Gasteiger partial charge in [-0.1, -0.05) is 37.6 Å². The maximum atomic E-state index is 14.1. The molecule has 1 aromatic carbocycles. The van der Waals surface area contributed by atoms with Gasteiger partial charge >= 0.3 is 0 Å². The van der Waals surface area contributed by atoms with Crippen LogP contribution in [0.15, 0.2) is 30.6 Å². The Morgan fingerprint density at radius 2 is 1.92 bits per heavy atom. The Morgan fingerprint density at radius 1 is 1.17 bits per heavy atom. The van der Waals surface area contributed by atoms with Gasteiger partial charge in [0.1, 0.15) is 18.0 Å². The lowest BCUT2D eigenvalue weighted by Gasteiger charge is -2.38. The van der Waals surface area contributed by atoms with E-state index >= 15 is 0 Å². The molecule has 1 aromatic heterocycles. The summed E-state index contributed by atoms with van der Waals surface area (Å²) < 4.78 is 0. The Balaban J connectivity index is 1.25. The molecule has 6 rings (SSSR count). The number of carbonyl (C=O) groups is 2. The van der Waals surface area contributed by atoms with Crippen molar-refractivity contribution >= 4 is 35.1 Å². The first-order valence-electron chi connectivity index (χ1n) is 13.0. The predicted molar refractivity (Wildman–Crippen MR) is 139 cm³/mol. The lowest BCUT2D eigenvalue weighted by Crippen LogP contribution is -2.51. The van der Waals surface area contributed by atoms with E-state index in [9.17, 15) is 9.59 Å². The van der Waals surface area contributed by atoms with Crippen molar-refractivity contribution in [1.29, 1.82) is 0 Å². The summed E-state index contributed by atoms with van der Waals surface area (Å²) in [5.41, 5.74) is 2.04. The van der Waals surface area contributed by atoms with Gasteiger partial charge in [-0.05, 0) is 43.5 Å². The SMILES string of the molecule is C[C@@H]1C2C1N(c1ncnc3c1[C@H](C)CC(=O)N3)CCN2C(=O)[C@H](CN(C)C1CC1)c1ccc(Cl)cc1. The Bertz CT molecular complexity index is 1190. The van der Waals surface area contributed by atoms with Gasteiger partial charge in [0.25, 0.3) is 0 Å². The highest BCUT2D eigenvalue weighted by atomic mass is 35.5. The summed E-state index contributed by atoms with van der Waals surface area (Å²) in [6.45, 7) is 6.37.